The van der Waals surface area contributed by atoms with Crippen molar-refractivity contribution < 1.29 is 0 Å². The number of aryl methyl sites for hydroxylation is 1. The fourth-order valence-electron chi connectivity index (χ4n) is 2.65. The van der Waals surface area contributed by atoms with Gasteiger partial charge in [0.2, 0.25) is 0 Å². The minimum absolute atomic E-state index is 0.751. The number of halogens is 1. The molecule has 1 heterocycles. The van der Waals surface area contributed by atoms with Crippen LogP contribution in [-0.4, -0.2) is 16.5 Å². The molecule has 0 spiro atoms. The number of benzene rings is 2. The van der Waals surface area contributed by atoms with Gasteiger partial charge in [0, 0.05) is 29.3 Å². The van der Waals surface area contributed by atoms with E-state index in [1.807, 2.05) is 43.3 Å². The second kappa shape index (κ2) is 8.12. The van der Waals surface area contributed by atoms with Crippen LogP contribution in [0.25, 0.3) is 0 Å². The van der Waals surface area contributed by atoms with E-state index in [1.54, 1.807) is 0 Å². The molecule has 0 saturated heterocycles. The summed E-state index contributed by atoms with van der Waals surface area (Å²) in [7, 11) is 0. The Hall–Kier alpha value is -2.40. The van der Waals surface area contributed by atoms with Gasteiger partial charge in [0.05, 0.1) is 0 Å². The largest absolute Gasteiger partial charge is 0.352 e. The Morgan fingerprint density at radius 2 is 1.80 bits per heavy atom. The van der Waals surface area contributed by atoms with Crippen LogP contribution in [0.3, 0.4) is 0 Å². The standard InChI is InChI=1S/C20H21BrN4/c1-3-25(14-16-8-5-4-6-9-16)20-13-19(22-15(2)23-20)24-18-11-7-10-17(21)12-18/h4-13H,3,14H2,1-2H3,(H,22,23,24). The van der Waals surface area contributed by atoms with Gasteiger partial charge in [-0.25, -0.2) is 9.97 Å². The lowest BCUT2D eigenvalue weighted by Crippen LogP contribution is -2.23. The molecule has 0 unspecified atom stereocenters. The van der Waals surface area contributed by atoms with Crippen LogP contribution in [0.2, 0.25) is 0 Å². The van der Waals surface area contributed by atoms with Crippen LogP contribution in [0.1, 0.15) is 18.3 Å². The van der Waals surface area contributed by atoms with Gasteiger partial charge in [0.15, 0.2) is 0 Å². The molecule has 0 atom stereocenters. The smallest absolute Gasteiger partial charge is 0.136 e. The van der Waals surface area contributed by atoms with E-state index in [0.717, 1.165) is 40.7 Å². The van der Waals surface area contributed by atoms with Crippen molar-refractivity contribution in [1.29, 1.82) is 0 Å². The maximum Gasteiger partial charge on any atom is 0.136 e. The Morgan fingerprint density at radius 3 is 2.52 bits per heavy atom. The third kappa shape index (κ3) is 4.79. The van der Waals surface area contributed by atoms with Crippen LogP contribution in [-0.2, 0) is 6.54 Å². The minimum atomic E-state index is 0.751. The van der Waals surface area contributed by atoms with Crippen LogP contribution < -0.4 is 10.2 Å². The zero-order valence-electron chi connectivity index (χ0n) is 14.4. The van der Waals surface area contributed by atoms with Crippen molar-refractivity contribution >= 4 is 33.3 Å². The Morgan fingerprint density at radius 1 is 1.00 bits per heavy atom. The Labute approximate surface area is 157 Å². The minimum Gasteiger partial charge on any atom is -0.352 e. The van der Waals surface area contributed by atoms with Gasteiger partial charge in [-0.2, -0.15) is 0 Å². The molecule has 2 aromatic carbocycles. The molecule has 0 radical (unpaired) electrons. The topological polar surface area (TPSA) is 41.0 Å². The molecule has 0 amide bonds. The molecule has 4 nitrogen and oxygen atoms in total. The normalized spacial score (nSPS) is 10.5. The van der Waals surface area contributed by atoms with Crippen LogP contribution in [0.5, 0.6) is 0 Å². The zero-order valence-corrected chi connectivity index (χ0v) is 16.0. The first-order valence-corrected chi connectivity index (χ1v) is 9.10. The molecule has 3 rings (SSSR count). The molecule has 0 saturated carbocycles. The molecule has 0 aliphatic rings. The maximum absolute atomic E-state index is 4.63. The molecule has 0 fully saturated rings. The first-order chi connectivity index (χ1) is 12.1. The summed E-state index contributed by atoms with van der Waals surface area (Å²) >= 11 is 3.49. The Kier molecular flexibility index (Phi) is 5.66. The van der Waals surface area contributed by atoms with Crippen molar-refractivity contribution in [2.75, 3.05) is 16.8 Å². The molecule has 5 heteroatoms. The van der Waals surface area contributed by atoms with Gasteiger partial charge in [-0.1, -0.05) is 52.3 Å². The molecular weight excluding hydrogens is 376 g/mol. The predicted molar refractivity (Wildman–Crippen MR) is 107 cm³/mol. The average molecular weight is 397 g/mol. The lowest BCUT2D eigenvalue weighted by atomic mass is 10.2. The van der Waals surface area contributed by atoms with E-state index in [1.165, 1.54) is 5.56 Å². The Bertz CT molecular complexity index is 836. The molecule has 128 valence electrons. The first-order valence-electron chi connectivity index (χ1n) is 8.31. The van der Waals surface area contributed by atoms with E-state index in [2.05, 4.69) is 67.3 Å². The monoisotopic (exact) mass is 396 g/mol. The van der Waals surface area contributed by atoms with Gasteiger partial charge in [0.1, 0.15) is 17.5 Å². The molecule has 0 bridgehead atoms. The highest BCUT2D eigenvalue weighted by atomic mass is 79.9. The third-order valence-corrected chi connectivity index (χ3v) is 4.34. The van der Waals surface area contributed by atoms with E-state index in [9.17, 15) is 0 Å². The second-order valence-corrected chi connectivity index (χ2v) is 6.71. The molecular formula is C20H21BrN4. The maximum atomic E-state index is 4.63. The number of aromatic nitrogens is 2. The van der Waals surface area contributed by atoms with Gasteiger partial charge in [-0.05, 0) is 37.6 Å². The summed E-state index contributed by atoms with van der Waals surface area (Å²) in [5, 5.41) is 3.36. The van der Waals surface area contributed by atoms with Gasteiger partial charge >= 0.3 is 0 Å². The highest BCUT2D eigenvalue weighted by Gasteiger charge is 2.10. The van der Waals surface area contributed by atoms with Crippen molar-refractivity contribution in [2.45, 2.75) is 20.4 Å². The summed E-state index contributed by atoms with van der Waals surface area (Å²) in [6.45, 7) is 5.76. The first kappa shape index (κ1) is 17.4. The Balaban J connectivity index is 1.84. The molecule has 1 aromatic heterocycles. The lowest BCUT2D eigenvalue weighted by molar-refractivity contribution is 0.805. The number of anilines is 3. The number of hydrogen-bond acceptors (Lipinski definition) is 4. The highest BCUT2D eigenvalue weighted by Crippen LogP contribution is 2.23. The molecule has 3 aromatic rings. The van der Waals surface area contributed by atoms with Gasteiger partial charge in [0.25, 0.3) is 0 Å². The van der Waals surface area contributed by atoms with Crippen LogP contribution >= 0.6 is 15.9 Å². The van der Waals surface area contributed by atoms with Crippen LogP contribution in [0, 0.1) is 6.92 Å². The molecule has 0 aliphatic carbocycles. The molecule has 1 N–H and O–H groups in total. The third-order valence-electron chi connectivity index (χ3n) is 3.84. The summed E-state index contributed by atoms with van der Waals surface area (Å²) in [5.74, 6) is 2.48. The van der Waals surface area contributed by atoms with Gasteiger partial charge in [-0.15, -0.1) is 0 Å². The van der Waals surface area contributed by atoms with E-state index < -0.39 is 0 Å². The summed E-state index contributed by atoms with van der Waals surface area (Å²) < 4.78 is 1.03. The number of nitrogens with zero attached hydrogens (tertiary/aromatic N) is 3. The van der Waals surface area contributed by atoms with E-state index in [0.29, 0.717) is 0 Å². The number of rotatable bonds is 6. The molecule has 25 heavy (non-hydrogen) atoms. The number of hydrogen-bond donors (Lipinski definition) is 1. The van der Waals surface area contributed by atoms with Crippen LogP contribution in [0.4, 0.5) is 17.3 Å². The summed E-state index contributed by atoms with van der Waals surface area (Å²) in [6.07, 6.45) is 0. The van der Waals surface area contributed by atoms with Gasteiger partial charge in [-0.3, -0.25) is 0 Å². The fraction of sp³-hybridized carbons (Fsp3) is 0.200. The predicted octanol–water partition coefficient (Wildman–Crippen LogP) is 5.32. The van der Waals surface area contributed by atoms with Crippen molar-refractivity contribution in [3.63, 3.8) is 0 Å². The zero-order chi connectivity index (χ0) is 17.6. The van der Waals surface area contributed by atoms with Crippen molar-refractivity contribution in [3.05, 3.63) is 76.5 Å². The summed E-state index contributed by atoms with van der Waals surface area (Å²) in [4.78, 5) is 11.4. The average Bonchev–Trinajstić information content (AvgIpc) is 2.60. The summed E-state index contributed by atoms with van der Waals surface area (Å²) in [6, 6.07) is 20.5. The van der Waals surface area contributed by atoms with Crippen molar-refractivity contribution in [3.8, 4) is 0 Å². The van der Waals surface area contributed by atoms with E-state index >= 15 is 0 Å². The second-order valence-electron chi connectivity index (χ2n) is 5.79. The van der Waals surface area contributed by atoms with E-state index in [4.69, 9.17) is 0 Å². The fourth-order valence-corrected chi connectivity index (χ4v) is 3.05. The van der Waals surface area contributed by atoms with Crippen molar-refractivity contribution in [2.24, 2.45) is 0 Å². The molecule has 0 aliphatic heterocycles. The number of nitrogens with one attached hydrogen (secondary N) is 1. The van der Waals surface area contributed by atoms with Crippen molar-refractivity contribution in [1.82, 2.24) is 9.97 Å². The lowest BCUT2D eigenvalue weighted by Gasteiger charge is -2.23. The van der Waals surface area contributed by atoms with E-state index in [-0.39, 0.29) is 0 Å². The quantitative estimate of drug-likeness (QED) is 0.612. The van der Waals surface area contributed by atoms with Gasteiger partial charge < -0.3 is 10.2 Å². The highest BCUT2D eigenvalue weighted by molar-refractivity contribution is 9.10. The summed E-state index contributed by atoms with van der Waals surface area (Å²) in [5.41, 5.74) is 2.26. The van der Waals surface area contributed by atoms with Crippen LogP contribution in [0.15, 0.2) is 65.1 Å². The SMILES string of the molecule is CCN(Cc1ccccc1)c1cc(Nc2cccc(Br)c2)nc(C)n1.